The van der Waals surface area contributed by atoms with Crippen molar-refractivity contribution in [2.24, 2.45) is 0 Å². The number of aliphatic hydroxyl groups excluding tert-OH is 1. The lowest BCUT2D eigenvalue weighted by Crippen LogP contribution is -2.42. The van der Waals surface area contributed by atoms with E-state index in [-0.39, 0.29) is 54.3 Å². The number of hydrogen-bond donors (Lipinski definition) is 4. The average molecular weight is 1570 g/mol. The van der Waals surface area contributed by atoms with Crippen molar-refractivity contribution in [1.29, 1.82) is 0 Å². The Morgan fingerprint density at radius 1 is 0.591 bits per heavy atom. The number of fused-ring (bicyclic) bond motifs is 6. The molecule has 1 saturated heterocycles. The van der Waals surface area contributed by atoms with Gasteiger partial charge in [-0.25, -0.2) is 28.1 Å². The number of ether oxygens (including phenoxy) is 3. The van der Waals surface area contributed by atoms with Crippen molar-refractivity contribution in [3.63, 3.8) is 0 Å². The molecule has 110 heavy (non-hydrogen) atoms. The first-order valence-corrected chi connectivity index (χ1v) is 39.2. The lowest BCUT2D eigenvalue weighted by Gasteiger charge is -2.36. The van der Waals surface area contributed by atoms with E-state index < -0.39 is 21.8 Å². The Kier molecular flexibility index (Phi) is 25.9. The van der Waals surface area contributed by atoms with Crippen molar-refractivity contribution in [2.45, 2.75) is 151 Å². The van der Waals surface area contributed by atoms with Crippen LogP contribution in [0.25, 0.3) is 39.2 Å². The first-order valence-electron chi connectivity index (χ1n) is 35.5. The molecule has 3 aromatic carbocycles. The van der Waals surface area contributed by atoms with Gasteiger partial charge in [0.25, 0.3) is 0 Å². The van der Waals surface area contributed by atoms with Crippen LogP contribution in [0.5, 0.6) is 17.2 Å². The van der Waals surface area contributed by atoms with E-state index in [1.54, 1.807) is 87.3 Å². The SMILES string of the molecule is C.CC1(C)OB(c2cccnc2CO[Si](C)(C)C(C)(C)C)OC1(C)C.CCc1ncccc1-c1cnc(NCc2c(F)ccc3c2CCO3)n2cnnc12.Fc1ccc2c(c1CNc1ncc(Br)c3nncn13)CCO2.OCc1ncccc1-c1cnc(NCc2c(F)ccc3c2CCO3)n2cnnc12.[B][B]B([B])[B]. The number of aryl methyl sites for hydroxylation is 1. The number of benzene rings is 3. The Bertz CT molecular complexity index is 5020. The summed E-state index contributed by atoms with van der Waals surface area (Å²) in [6.45, 7) is 24.5. The summed E-state index contributed by atoms with van der Waals surface area (Å²) < 4.78 is 84.1. The summed E-state index contributed by atoms with van der Waals surface area (Å²) in [5.74, 6) is 3.07. The van der Waals surface area contributed by atoms with Crippen molar-refractivity contribution in [1.82, 2.24) is 73.7 Å². The first kappa shape index (κ1) is 81.3. The summed E-state index contributed by atoms with van der Waals surface area (Å²) in [6.07, 6.45) is 17.4. The van der Waals surface area contributed by atoms with Crippen LogP contribution >= 0.6 is 15.9 Å². The summed E-state index contributed by atoms with van der Waals surface area (Å²) in [5.41, 5.74) is 12.3. The van der Waals surface area contributed by atoms with Gasteiger partial charge in [0.15, 0.2) is 25.3 Å². The van der Waals surface area contributed by atoms with E-state index in [9.17, 15) is 18.3 Å². The number of pyridine rings is 3. The number of nitrogens with one attached hydrogen (secondary N) is 3. The second kappa shape index (κ2) is 35.1. The standard InChI is InChI=1S/C21H19FN6O.C20H17FN6O2.C18H32BNO3Si.C14H11BrFN5O.CH4.B5/c1-2-18-13(4-3-8-23-18)16-11-25-21(28-12-26-27-20(16)28)24-10-15-14-7-9-29-19(14)6-5-17(15)22;21-16-3-4-18-13(5-7-29-18)14(16)8-23-20-24-9-15(19-26-25-11-27(19)20)12-2-1-6-22-17(12)10-28;1-16(2,3)24(8,9)21-13-15-14(11-10-12-20-15)19-22-17(4,5)18(6,7)23-19;15-10-6-18-14(21-7-19-20-13(10)21)17-5-9-8-3-4-22-12(8)2-1-11(9)16;;1-4-5(2)3/h3-6,8,11-12H,2,7,9-10H2,1H3,(H,24,25);1-4,6,9,11,28H,5,7-8,10H2,(H,23,24);10-12H,13H2,1-9H3;1-2,6-7H,3-5H2,(H,17,18);1H4;. The molecule has 7 radical (unpaired) electrons. The van der Waals surface area contributed by atoms with Crippen molar-refractivity contribution in [3.8, 4) is 39.5 Å². The van der Waals surface area contributed by atoms with Crippen LogP contribution in [0.1, 0.15) is 113 Å². The molecule has 0 saturated carbocycles. The molecule has 4 aliphatic heterocycles. The molecule has 16 rings (SSSR count). The molecule has 36 heteroatoms. The van der Waals surface area contributed by atoms with Gasteiger partial charge in [0.05, 0.1) is 60.1 Å². The fourth-order valence-electron chi connectivity index (χ4n) is 12.2. The molecular formula is C74H83B6BrF3N18O7Si. The Morgan fingerprint density at radius 3 is 1.40 bits per heavy atom. The molecule has 12 aromatic rings. The molecule has 13 heterocycles. The van der Waals surface area contributed by atoms with Crippen molar-refractivity contribution < 1.29 is 46.2 Å². The number of aliphatic hydroxyl groups is 1. The summed E-state index contributed by atoms with van der Waals surface area (Å²) in [6, 6.07) is 20.8. The molecule has 4 aliphatic rings. The van der Waals surface area contributed by atoms with E-state index >= 15 is 0 Å². The molecule has 1 fully saturated rings. The molecule has 0 unspecified atom stereocenters. The molecule has 0 atom stereocenters. The van der Waals surface area contributed by atoms with E-state index in [2.05, 4.69) is 161 Å². The number of aromatic nitrogens is 15. The zero-order valence-corrected chi connectivity index (χ0v) is 64.8. The van der Waals surface area contributed by atoms with E-state index in [0.717, 1.165) is 84.8 Å². The maximum atomic E-state index is 14.4. The summed E-state index contributed by atoms with van der Waals surface area (Å²) >= 11 is 3.37. The molecule has 0 bridgehead atoms. The zero-order valence-electron chi connectivity index (χ0n) is 62.2. The molecule has 0 spiro atoms. The second-order valence-electron chi connectivity index (χ2n) is 28.3. The van der Waals surface area contributed by atoms with Gasteiger partial charge in [-0.15, -0.1) is 30.6 Å². The van der Waals surface area contributed by atoms with Crippen LogP contribution < -0.4 is 35.6 Å². The lowest BCUT2D eigenvalue weighted by atomic mass is 8.97. The van der Waals surface area contributed by atoms with Crippen molar-refractivity contribution in [3.05, 3.63) is 201 Å². The number of rotatable bonds is 18. The van der Waals surface area contributed by atoms with Gasteiger partial charge in [-0.3, -0.25) is 28.2 Å². The molecule has 0 amide bonds. The predicted molar refractivity (Wildman–Crippen MR) is 428 cm³/mol. The molecule has 9 aromatic heterocycles. The number of nitrogens with zero attached hydrogens (tertiary/aromatic N) is 15. The zero-order chi connectivity index (χ0) is 77.4. The summed E-state index contributed by atoms with van der Waals surface area (Å²) in [7, 11) is 13.6. The fourth-order valence-corrected chi connectivity index (χ4v) is 13.5. The van der Waals surface area contributed by atoms with Crippen LogP contribution in [-0.4, -0.2) is 162 Å². The van der Waals surface area contributed by atoms with Crippen molar-refractivity contribution in [2.75, 3.05) is 35.8 Å². The van der Waals surface area contributed by atoms with Crippen LogP contribution in [0, 0.1) is 17.5 Å². The second-order valence-corrected chi connectivity index (χ2v) is 34.0. The highest BCUT2D eigenvalue weighted by atomic mass is 79.9. The van der Waals surface area contributed by atoms with Crippen LogP contribution in [0.15, 0.2) is 133 Å². The van der Waals surface area contributed by atoms with Gasteiger partial charge < -0.3 is 49.0 Å². The highest BCUT2D eigenvalue weighted by Gasteiger charge is 2.52. The van der Waals surface area contributed by atoms with Gasteiger partial charge in [-0.1, -0.05) is 53.3 Å². The maximum Gasteiger partial charge on any atom is 0.496 e. The third kappa shape index (κ3) is 17.8. The minimum absolute atomic E-state index is 0. The molecule has 561 valence electrons. The minimum atomic E-state index is -1.83. The van der Waals surface area contributed by atoms with E-state index in [0.29, 0.717) is 115 Å². The van der Waals surface area contributed by atoms with Crippen LogP contribution in [0.2, 0.25) is 18.1 Å². The Balaban J connectivity index is 0.000000143. The van der Waals surface area contributed by atoms with E-state index in [4.69, 9.17) is 51.2 Å². The number of hydrogen-bond acceptors (Lipinski definition) is 22. The Labute approximate surface area is 651 Å². The largest absolute Gasteiger partial charge is 0.496 e. The van der Waals surface area contributed by atoms with Gasteiger partial charge in [0.2, 0.25) is 17.8 Å². The summed E-state index contributed by atoms with van der Waals surface area (Å²) in [5, 5.41) is 43.7. The molecule has 4 N–H and O–H groups in total. The highest BCUT2D eigenvalue weighted by molar-refractivity contribution is 9.10. The van der Waals surface area contributed by atoms with Crippen LogP contribution in [-0.2, 0) is 72.3 Å². The lowest BCUT2D eigenvalue weighted by molar-refractivity contribution is 0.00578. The van der Waals surface area contributed by atoms with Crippen molar-refractivity contribution >= 4 is 108 Å². The van der Waals surface area contributed by atoms with E-state index in [1.807, 2.05) is 30.3 Å². The van der Waals surface area contributed by atoms with Gasteiger partial charge in [-0.05, 0) is 123 Å². The number of anilines is 3. The third-order valence-electron chi connectivity index (χ3n) is 19.9. The van der Waals surface area contributed by atoms with E-state index in [1.165, 1.54) is 31.6 Å². The van der Waals surface area contributed by atoms with Gasteiger partial charge in [-0.2, -0.15) is 0 Å². The fraction of sp³-hybridized carbons (Fsp3) is 0.351. The highest BCUT2D eigenvalue weighted by Crippen LogP contribution is 2.40. The normalized spacial score (nSPS) is 14.1. The quantitative estimate of drug-likeness (QED) is 0.0581. The topological polar surface area (TPSA) is 280 Å². The monoisotopic (exact) mass is 1570 g/mol. The van der Waals surface area contributed by atoms with Gasteiger partial charge >= 0.3 is 7.12 Å². The predicted octanol–water partition coefficient (Wildman–Crippen LogP) is 11.0. The Hall–Kier alpha value is -9.72. The number of halogens is 4. The molecule has 25 nitrogen and oxygen atoms in total. The first-order chi connectivity index (χ1) is 52.3. The Morgan fingerprint density at radius 2 is 0.982 bits per heavy atom. The van der Waals surface area contributed by atoms with Gasteiger partial charge in [0.1, 0.15) is 53.7 Å². The maximum absolute atomic E-state index is 14.4. The molecule has 0 aliphatic carbocycles. The minimum Gasteiger partial charge on any atom is -0.493 e. The third-order valence-corrected chi connectivity index (χ3v) is 25.0. The smallest absolute Gasteiger partial charge is 0.493 e. The summed E-state index contributed by atoms with van der Waals surface area (Å²) in [4.78, 5) is 26.5. The average Bonchev–Trinajstić information content (AvgIpc) is 1.62. The van der Waals surface area contributed by atoms with Crippen LogP contribution in [0.4, 0.5) is 31.0 Å². The van der Waals surface area contributed by atoms with Gasteiger partial charge in [0, 0.05) is 180 Å². The van der Waals surface area contributed by atoms with Crippen LogP contribution in [0.3, 0.4) is 0 Å². The molecular weight excluding hydrogens is 1480 g/mol.